The number of pyridine rings is 1. The summed E-state index contributed by atoms with van der Waals surface area (Å²) in [5.74, 6) is -0.362. The zero-order valence-electron chi connectivity index (χ0n) is 13.5. The van der Waals surface area contributed by atoms with Crippen molar-refractivity contribution in [1.29, 1.82) is 0 Å². The highest BCUT2D eigenvalue weighted by Gasteiger charge is 2.52. The summed E-state index contributed by atoms with van der Waals surface area (Å²) in [7, 11) is -3.20. The van der Waals surface area contributed by atoms with Gasteiger partial charge in [-0.05, 0) is 17.7 Å². The van der Waals surface area contributed by atoms with Crippen LogP contribution in [0, 0.1) is 5.92 Å². The van der Waals surface area contributed by atoms with Crippen molar-refractivity contribution in [3.63, 3.8) is 0 Å². The normalized spacial score (nSPS) is 27.9. The lowest BCUT2D eigenvalue weighted by molar-refractivity contribution is 0.0930. The summed E-state index contributed by atoms with van der Waals surface area (Å²) in [6.45, 7) is 1.85. The molecule has 2 N–H and O–H groups in total. The molecule has 0 radical (unpaired) electrons. The lowest BCUT2D eigenvalue weighted by Crippen LogP contribution is -2.41. The maximum atomic E-state index is 12.5. The number of hydrogen-bond donors (Lipinski definition) is 2. The van der Waals surface area contributed by atoms with Crippen molar-refractivity contribution in [3.05, 3.63) is 48.0 Å². The molecule has 0 saturated carbocycles. The van der Waals surface area contributed by atoms with E-state index in [2.05, 4.69) is 25.4 Å². The van der Waals surface area contributed by atoms with Gasteiger partial charge in [0.25, 0.3) is 5.91 Å². The lowest BCUT2D eigenvalue weighted by atomic mass is 10.0. The van der Waals surface area contributed by atoms with Gasteiger partial charge >= 0.3 is 0 Å². The van der Waals surface area contributed by atoms with Crippen molar-refractivity contribution in [2.75, 3.05) is 18.8 Å². The van der Waals surface area contributed by atoms with Crippen molar-refractivity contribution in [1.82, 2.24) is 25.4 Å². The van der Waals surface area contributed by atoms with Crippen LogP contribution in [-0.2, 0) is 16.4 Å². The van der Waals surface area contributed by atoms with Crippen LogP contribution in [0.1, 0.15) is 15.9 Å². The maximum Gasteiger partial charge on any atom is 0.254 e. The third-order valence-corrected chi connectivity index (χ3v) is 7.25. The molecule has 2 aliphatic heterocycles. The fourth-order valence-electron chi connectivity index (χ4n) is 3.79. The number of nitrogens with one attached hydrogen (secondary N) is 2. The second-order valence-corrected chi connectivity index (χ2v) is 8.91. The van der Waals surface area contributed by atoms with E-state index in [1.54, 1.807) is 12.4 Å². The van der Waals surface area contributed by atoms with Gasteiger partial charge in [-0.25, -0.2) is 8.42 Å². The first-order chi connectivity index (χ1) is 12.0. The van der Waals surface area contributed by atoms with Gasteiger partial charge in [0.05, 0.1) is 22.8 Å². The number of sulfone groups is 1. The molecule has 0 unspecified atom stereocenters. The molecule has 0 spiro atoms. The van der Waals surface area contributed by atoms with E-state index < -0.39 is 15.1 Å². The summed E-state index contributed by atoms with van der Waals surface area (Å²) in [4.78, 5) is 18.4. The Morgan fingerprint density at radius 2 is 2.12 bits per heavy atom. The molecule has 8 nitrogen and oxygen atoms in total. The molecule has 2 saturated heterocycles. The summed E-state index contributed by atoms with van der Waals surface area (Å²) in [5, 5.41) is 8.81. The van der Waals surface area contributed by atoms with Gasteiger partial charge in [0.2, 0.25) is 0 Å². The minimum atomic E-state index is -3.20. The minimum absolute atomic E-state index is 0.00895. The molecule has 132 valence electrons. The number of aromatic amines is 1. The highest BCUT2D eigenvalue weighted by molar-refractivity contribution is 7.92. The van der Waals surface area contributed by atoms with Crippen molar-refractivity contribution < 1.29 is 13.2 Å². The Balaban J connectivity index is 1.47. The summed E-state index contributed by atoms with van der Waals surface area (Å²) in [6, 6.07) is 3.50. The highest BCUT2D eigenvalue weighted by atomic mass is 32.2. The number of H-pyrrole nitrogens is 1. The molecule has 25 heavy (non-hydrogen) atoms. The third kappa shape index (κ3) is 3.16. The van der Waals surface area contributed by atoms with Gasteiger partial charge in [-0.3, -0.25) is 19.8 Å². The molecule has 2 fully saturated rings. The number of nitrogens with zero attached hydrogens (tertiary/aromatic N) is 3. The maximum absolute atomic E-state index is 12.5. The second-order valence-electron chi connectivity index (χ2n) is 6.65. The Morgan fingerprint density at radius 1 is 1.32 bits per heavy atom. The van der Waals surface area contributed by atoms with Gasteiger partial charge in [-0.1, -0.05) is 0 Å². The molecule has 9 heteroatoms. The topological polar surface area (TPSA) is 108 Å². The van der Waals surface area contributed by atoms with Crippen molar-refractivity contribution in [2.24, 2.45) is 5.92 Å². The van der Waals surface area contributed by atoms with E-state index in [-0.39, 0.29) is 23.6 Å². The molecule has 2 aromatic rings. The number of likely N-dealkylation sites (tertiary alicyclic amines) is 1. The number of carbonyl (C=O) groups is 1. The Bertz CT molecular complexity index is 853. The van der Waals surface area contributed by atoms with Gasteiger partial charge in [0.15, 0.2) is 9.84 Å². The van der Waals surface area contributed by atoms with Crippen LogP contribution in [0.2, 0.25) is 0 Å². The fraction of sp³-hybridized carbons (Fsp3) is 0.438. The van der Waals surface area contributed by atoms with Crippen molar-refractivity contribution in [2.45, 2.75) is 17.8 Å². The Kier molecular flexibility index (Phi) is 4.04. The largest absolute Gasteiger partial charge is 0.348 e. The fourth-order valence-corrected chi connectivity index (χ4v) is 6.12. The number of carbonyl (C=O) groups excluding carboxylic acids is 1. The standard InChI is InChI=1S/C16H19N5O3S/c22-16(12-5-18-19-6-12)20-14-10-25(23,24)15-9-21(8-13(14)15)7-11-1-3-17-4-2-11/h1-6,13-15H,7-10H2,(H,18,19)(H,20,22)/t13-,14+,15-/m0/s1. The van der Waals surface area contributed by atoms with Gasteiger partial charge in [0.1, 0.15) is 0 Å². The summed E-state index contributed by atoms with van der Waals surface area (Å²) in [5.41, 5.74) is 1.51. The number of rotatable bonds is 4. The number of fused-ring (bicyclic) bond motifs is 1. The summed E-state index contributed by atoms with van der Waals surface area (Å²) in [6.07, 6.45) is 6.40. The number of amides is 1. The average Bonchev–Trinajstić information content (AvgIpc) is 3.28. The van der Waals surface area contributed by atoms with Crippen LogP contribution in [0.5, 0.6) is 0 Å². The number of aromatic nitrogens is 3. The van der Waals surface area contributed by atoms with Crippen LogP contribution >= 0.6 is 0 Å². The first-order valence-electron chi connectivity index (χ1n) is 8.15. The molecule has 3 atom stereocenters. The molecule has 2 aliphatic rings. The smallest absolute Gasteiger partial charge is 0.254 e. The lowest BCUT2D eigenvalue weighted by Gasteiger charge is -2.20. The van der Waals surface area contributed by atoms with Crippen molar-refractivity contribution in [3.8, 4) is 0 Å². The average molecular weight is 361 g/mol. The molecule has 0 bridgehead atoms. The molecular formula is C16H19N5O3S. The van der Waals surface area contributed by atoms with E-state index in [1.807, 2.05) is 12.1 Å². The van der Waals surface area contributed by atoms with Crippen molar-refractivity contribution >= 4 is 15.7 Å². The second kappa shape index (κ2) is 6.23. The first kappa shape index (κ1) is 16.2. The molecular weight excluding hydrogens is 342 g/mol. The Morgan fingerprint density at radius 3 is 2.84 bits per heavy atom. The minimum Gasteiger partial charge on any atom is -0.348 e. The van der Waals surface area contributed by atoms with E-state index >= 15 is 0 Å². The zero-order chi connectivity index (χ0) is 17.4. The number of hydrogen-bond acceptors (Lipinski definition) is 6. The molecule has 0 aliphatic carbocycles. The van der Waals surface area contributed by atoms with E-state index in [4.69, 9.17) is 0 Å². The van der Waals surface area contributed by atoms with Crippen LogP contribution < -0.4 is 5.32 Å². The predicted octanol–water partition coefficient (Wildman–Crippen LogP) is -0.168. The third-order valence-electron chi connectivity index (χ3n) is 5.01. The Labute approximate surface area is 145 Å². The summed E-state index contributed by atoms with van der Waals surface area (Å²) < 4.78 is 25.0. The van der Waals surface area contributed by atoms with Gasteiger partial charge in [0, 0.05) is 50.2 Å². The van der Waals surface area contributed by atoms with E-state index in [0.29, 0.717) is 25.2 Å². The van der Waals surface area contributed by atoms with Gasteiger partial charge in [-0.2, -0.15) is 5.10 Å². The van der Waals surface area contributed by atoms with Crippen LogP contribution in [0.25, 0.3) is 0 Å². The SMILES string of the molecule is O=C(N[C@@H]1CS(=O)(=O)[C@H]2CN(Cc3ccncc3)C[C@@H]12)c1cn[nH]c1. The molecule has 0 aromatic carbocycles. The molecule has 2 aromatic heterocycles. The summed E-state index contributed by atoms with van der Waals surface area (Å²) >= 11 is 0. The monoisotopic (exact) mass is 361 g/mol. The quantitative estimate of drug-likeness (QED) is 0.783. The molecule has 4 rings (SSSR count). The Hall–Kier alpha value is -2.26. The van der Waals surface area contributed by atoms with Crippen LogP contribution in [0.3, 0.4) is 0 Å². The van der Waals surface area contributed by atoms with Crippen LogP contribution in [-0.4, -0.2) is 64.5 Å². The van der Waals surface area contributed by atoms with E-state index in [9.17, 15) is 13.2 Å². The van der Waals surface area contributed by atoms with E-state index in [0.717, 1.165) is 5.56 Å². The highest BCUT2D eigenvalue weighted by Crippen LogP contribution is 2.34. The predicted molar refractivity (Wildman–Crippen MR) is 90.4 cm³/mol. The zero-order valence-corrected chi connectivity index (χ0v) is 14.3. The van der Waals surface area contributed by atoms with Crippen LogP contribution in [0.15, 0.2) is 36.9 Å². The molecule has 4 heterocycles. The van der Waals surface area contributed by atoms with E-state index in [1.165, 1.54) is 12.4 Å². The molecule has 1 amide bonds. The van der Waals surface area contributed by atoms with Gasteiger partial charge in [-0.15, -0.1) is 0 Å². The first-order valence-corrected chi connectivity index (χ1v) is 9.87. The van der Waals surface area contributed by atoms with Crippen LogP contribution in [0.4, 0.5) is 0 Å². The van der Waals surface area contributed by atoms with Gasteiger partial charge < -0.3 is 5.32 Å².